The van der Waals surface area contributed by atoms with Gasteiger partial charge in [0.15, 0.2) is 0 Å². The van der Waals surface area contributed by atoms with E-state index in [-0.39, 0.29) is 35.5 Å². The Kier molecular flexibility index (Phi) is 2.52. The van der Waals surface area contributed by atoms with Crippen molar-refractivity contribution in [2.24, 2.45) is 23.7 Å². The van der Waals surface area contributed by atoms with Gasteiger partial charge in [-0.15, -0.1) is 0 Å². The van der Waals surface area contributed by atoms with Crippen LogP contribution in [0, 0.1) is 35.0 Å². The zero-order valence-corrected chi connectivity index (χ0v) is 11.4. The lowest BCUT2D eigenvalue weighted by Gasteiger charge is -2.38. The number of nitrogens with zero attached hydrogens (tertiary/aromatic N) is 2. The van der Waals surface area contributed by atoms with Gasteiger partial charge < -0.3 is 0 Å². The molecule has 0 aromatic heterocycles. The Hall–Kier alpha value is -2.41. The van der Waals surface area contributed by atoms with Crippen molar-refractivity contribution in [3.05, 3.63) is 42.0 Å². The molecule has 3 aliphatic carbocycles. The van der Waals surface area contributed by atoms with Crippen LogP contribution in [0.4, 0.5) is 5.69 Å². The number of hydrogen-bond acceptors (Lipinski definition) is 3. The van der Waals surface area contributed by atoms with Crippen LogP contribution in [-0.4, -0.2) is 11.8 Å². The van der Waals surface area contributed by atoms with Crippen LogP contribution >= 0.6 is 0 Å². The predicted molar refractivity (Wildman–Crippen MR) is 76.0 cm³/mol. The largest absolute Gasteiger partial charge is 0.274 e. The van der Waals surface area contributed by atoms with Gasteiger partial charge in [-0.05, 0) is 48.9 Å². The maximum Gasteiger partial charge on any atom is 0.238 e. The molecule has 104 valence electrons. The zero-order valence-electron chi connectivity index (χ0n) is 11.4. The highest BCUT2D eigenvalue weighted by atomic mass is 16.2. The van der Waals surface area contributed by atoms with Crippen molar-refractivity contribution in [3.63, 3.8) is 0 Å². The Balaban J connectivity index is 1.73. The van der Waals surface area contributed by atoms with Crippen molar-refractivity contribution in [1.82, 2.24) is 0 Å². The molecule has 2 bridgehead atoms. The minimum atomic E-state index is -0.183. The lowest BCUT2D eigenvalue weighted by Crippen LogP contribution is -2.38. The molecule has 21 heavy (non-hydrogen) atoms. The molecule has 0 radical (unpaired) electrons. The fourth-order valence-electron chi connectivity index (χ4n) is 4.01. The molecule has 2 amide bonds. The van der Waals surface area contributed by atoms with Gasteiger partial charge in [0, 0.05) is 0 Å². The average molecular weight is 278 g/mol. The van der Waals surface area contributed by atoms with Crippen LogP contribution in [0.3, 0.4) is 0 Å². The van der Waals surface area contributed by atoms with Crippen LogP contribution in [0.1, 0.15) is 18.4 Å². The van der Waals surface area contributed by atoms with Gasteiger partial charge in [-0.3, -0.25) is 14.5 Å². The number of nitriles is 1. The maximum atomic E-state index is 12.7. The first-order valence-corrected chi connectivity index (χ1v) is 7.27. The van der Waals surface area contributed by atoms with Crippen LogP contribution in [0.15, 0.2) is 36.4 Å². The number of anilines is 1. The third kappa shape index (κ3) is 1.61. The summed E-state index contributed by atoms with van der Waals surface area (Å²) >= 11 is 0. The van der Waals surface area contributed by atoms with Crippen molar-refractivity contribution in [2.75, 3.05) is 4.90 Å². The summed E-state index contributed by atoms with van der Waals surface area (Å²) in [6.07, 6.45) is 6.23. The molecule has 4 nitrogen and oxygen atoms in total. The number of carbonyl (C=O) groups excluding carboxylic acids is 2. The third-order valence-corrected chi connectivity index (χ3v) is 5.01. The second kappa shape index (κ2) is 4.29. The summed E-state index contributed by atoms with van der Waals surface area (Å²) in [6, 6.07) is 8.69. The summed E-state index contributed by atoms with van der Waals surface area (Å²) in [6.45, 7) is 0. The number of amides is 2. The van der Waals surface area contributed by atoms with Crippen molar-refractivity contribution < 1.29 is 9.59 Å². The monoisotopic (exact) mass is 278 g/mol. The van der Waals surface area contributed by atoms with Gasteiger partial charge in [0.2, 0.25) is 11.8 Å². The van der Waals surface area contributed by atoms with Gasteiger partial charge in [0.1, 0.15) is 0 Å². The van der Waals surface area contributed by atoms with E-state index in [4.69, 9.17) is 5.26 Å². The second-order valence-corrected chi connectivity index (χ2v) is 6.01. The van der Waals surface area contributed by atoms with Gasteiger partial charge in [0.05, 0.1) is 29.2 Å². The van der Waals surface area contributed by atoms with Crippen LogP contribution in [0.5, 0.6) is 0 Å². The van der Waals surface area contributed by atoms with Crippen molar-refractivity contribution >= 4 is 17.5 Å². The van der Waals surface area contributed by atoms with E-state index in [9.17, 15) is 9.59 Å². The van der Waals surface area contributed by atoms with Gasteiger partial charge in [-0.2, -0.15) is 5.26 Å². The molecule has 2 fully saturated rings. The SMILES string of the molecule is N#Cc1ccc(N2C(=O)[C@@H]3[C@H](C2=O)[C@@H]2C=C[C@H]3CC2)cc1. The molecule has 1 aliphatic heterocycles. The molecule has 4 heteroatoms. The van der Waals surface area contributed by atoms with Gasteiger partial charge in [-0.25, -0.2) is 0 Å². The summed E-state index contributed by atoms with van der Waals surface area (Å²) in [5.41, 5.74) is 1.11. The minimum absolute atomic E-state index is 0.0752. The standard InChI is InChI=1S/C17H14N2O2/c18-9-10-1-7-13(8-2-10)19-16(20)14-11-3-4-12(6-5-11)15(14)17(19)21/h1-4,7-8,11-12,14-15H,5-6H2/t11-,12+,14-,15+. The molecule has 4 aliphatic rings. The highest BCUT2D eigenvalue weighted by Gasteiger charge is 2.56. The summed E-state index contributed by atoms with van der Waals surface area (Å²) < 4.78 is 0. The highest BCUT2D eigenvalue weighted by Crippen LogP contribution is 2.50. The number of hydrogen-bond donors (Lipinski definition) is 0. The predicted octanol–water partition coefficient (Wildman–Crippen LogP) is 2.26. The van der Waals surface area contributed by atoms with E-state index in [2.05, 4.69) is 12.2 Å². The van der Waals surface area contributed by atoms with Gasteiger partial charge in [0.25, 0.3) is 0 Å². The first-order chi connectivity index (χ1) is 10.2. The molecular formula is C17H14N2O2. The third-order valence-electron chi connectivity index (χ3n) is 5.01. The van der Waals surface area contributed by atoms with Gasteiger partial charge in [-0.1, -0.05) is 12.2 Å². The zero-order chi connectivity index (χ0) is 14.6. The number of imide groups is 1. The first kappa shape index (κ1) is 12.3. The van der Waals surface area contributed by atoms with Crippen LogP contribution in [0.2, 0.25) is 0 Å². The lowest BCUT2D eigenvalue weighted by molar-refractivity contribution is -0.124. The van der Waals surface area contributed by atoms with Crippen molar-refractivity contribution in [3.8, 4) is 6.07 Å². The molecule has 1 aromatic carbocycles. The minimum Gasteiger partial charge on any atom is -0.274 e. The summed E-state index contributed by atoms with van der Waals surface area (Å²) in [5.74, 6) is -0.101. The van der Waals surface area contributed by atoms with Crippen LogP contribution in [-0.2, 0) is 9.59 Å². The maximum absolute atomic E-state index is 12.7. The molecule has 0 N–H and O–H groups in total. The molecule has 1 aromatic rings. The van der Waals surface area contributed by atoms with Crippen LogP contribution in [0.25, 0.3) is 0 Å². The molecular weight excluding hydrogens is 264 g/mol. The molecule has 1 saturated carbocycles. The molecule has 0 spiro atoms. The van der Waals surface area contributed by atoms with E-state index in [1.165, 1.54) is 4.90 Å². The van der Waals surface area contributed by atoms with E-state index in [1.54, 1.807) is 24.3 Å². The summed E-state index contributed by atoms with van der Waals surface area (Å²) in [7, 11) is 0. The number of benzene rings is 1. The first-order valence-electron chi connectivity index (χ1n) is 7.27. The fraction of sp³-hybridized carbons (Fsp3) is 0.353. The van der Waals surface area contributed by atoms with Gasteiger partial charge >= 0.3 is 0 Å². The van der Waals surface area contributed by atoms with E-state index in [0.29, 0.717) is 11.3 Å². The number of fused-ring (bicyclic) bond motifs is 1. The Labute approximate surface area is 122 Å². The molecule has 0 unspecified atom stereocenters. The lowest BCUT2D eigenvalue weighted by atomic mass is 9.63. The molecule has 5 rings (SSSR count). The van der Waals surface area contributed by atoms with E-state index in [0.717, 1.165) is 12.8 Å². The topological polar surface area (TPSA) is 61.2 Å². The Morgan fingerprint density at radius 3 is 1.90 bits per heavy atom. The number of rotatable bonds is 1. The smallest absolute Gasteiger partial charge is 0.238 e. The fourth-order valence-corrected chi connectivity index (χ4v) is 4.01. The average Bonchev–Trinajstić information content (AvgIpc) is 2.82. The van der Waals surface area contributed by atoms with E-state index >= 15 is 0 Å². The second-order valence-electron chi connectivity index (χ2n) is 6.01. The molecule has 1 saturated heterocycles. The Bertz CT molecular complexity index is 666. The van der Waals surface area contributed by atoms with E-state index in [1.807, 2.05) is 6.07 Å². The Morgan fingerprint density at radius 1 is 0.952 bits per heavy atom. The normalized spacial score (nSPS) is 33.2. The molecule has 1 heterocycles. The Morgan fingerprint density at radius 2 is 1.48 bits per heavy atom. The van der Waals surface area contributed by atoms with Crippen molar-refractivity contribution in [2.45, 2.75) is 12.8 Å². The number of allylic oxidation sites excluding steroid dienone is 2. The molecule has 4 atom stereocenters. The van der Waals surface area contributed by atoms with Crippen LogP contribution < -0.4 is 4.90 Å². The van der Waals surface area contributed by atoms with E-state index < -0.39 is 0 Å². The van der Waals surface area contributed by atoms with Crippen molar-refractivity contribution in [1.29, 1.82) is 5.26 Å². The summed E-state index contributed by atoms with van der Waals surface area (Å²) in [4.78, 5) is 26.7. The quantitative estimate of drug-likeness (QED) is 0.584. The highest BCUT2D eigenvalue weighted by molar-refractivity contribution is 6.22. The number of carbonyl (C=O) groups is 2. The summed E-state index contributed by atoms with van der Waals surface area (Å²) in [5, 5.41) is 8.84.